The minimum atomic E-state index is 0.733. The summed E-state index contributed by atoms with van der Waals surface area (Å²) in [4.78, 5) is 0. The van der Waals surface area contributed by atoms with Gasteiger partial charge in [-0.15, -0.1) is 0 Å². The Morgan fingerprint density at radius 3 is 1.70 bits per heavy atom. The molecule has 0 bridgehead atoms. The summed E-state index contributed by atoms with van der Waals surface area (Å²) in [6, 6.07) is 33.4. The fourth-order valence-corrected chi connectivity index (χ4v) is 5.37. The van der Waals surface area contributed by atoms with E-state index in [4.69, 9.17) is 0 Å². The molecule has 0 spiro atoms. The van der Waals surface area contributed by atoms with Crippen LogP contribution in [0, 0.1) is 17.8 Å². The molecule has 27 heavy (non-hydrogen) atoms. The Labute approximate surface area is 161 Å². The second-order valence-corrected chi connectivity index (χ2v) is 8.49. The molecule has 2 unspecified atom stereocenters. The fourth-order valence-electron chi connectivity index (χ4n) is 5.37. The van der Waals surface area contributed by atoms with Crippen LogP contribution in [-0.2, 0) is 0 Å². The second kappa shape index (κ2) is 5.96. The maximum atomic E-state index is 2.32. The first-order valence-corrected chi connectivity index (χ1v) is 10.3. The first kappa shape index (κ1) is 15.5. The largest absolute Gasteiger partial charge is 0.0622 e. The van der Waals surface area contributed by atoms with E-state index in [-0.39, 0.29) is 0 Å². The first-order valence-electron chi connectivity index (χ1n) is 10.3. The summed E-state index contributed by atoms with van der Waals surface area (Å²) in [5.74, 6) is 3.86. The molecule has 0 radical (unpaired) electrons. The van der Waals surface area contributed by atoms with Gasteiger partial charge in [-0.25, -0.2) is 0 Å². The molecule has 5 atom stereocenters. The van der Waals surface area contributed by atoms with Crippen molar-refractivity contribution in [1.29, 1.82) is 0 Å². The van der Waals surface area contributed by atoms with Crippen molar-refractivity contribution in [1.82, 2.24) is 0 Å². The molecule has 3 aromatic carbocycles. The van der Waals surface area contributed by atoms with Gasteiger partial charge in [0, 0.05) is 5.92 Å². The van der Waals surface area contributed by atoms with Gasteiger partial charge in [0.05, 0.1) is 0 Å². The summed E-state index contributed by atoms with van der Waals surface area (Å²) >= 11 is 0. The third-order valence-corrected chi connectivity index (χ3v) is 6.87. The third kappa shape index (κ3) is 2.67. The molecule has 0 aromatic heterocycles. The number of hydrogen-bond donors (Lipinski definition) is 0. The average molecular weight is 348 g/mol. The van der Waals surface area contributed by atoms with Crippen molar-refractivity contribution >= 4 is 5.57 Å². The van der Waals surface area contributed by atoms with Crippen LogP contribution in [0.4, 0.5) is 0 Å². The minimum Gasteiger partial charge on any atom is -0.0622 e. The molecule has 3 aliphatic carbocycles. The minimum absolute atomic E-state index is 0.733. The van der Waals surface area contributed by atoms with Crippen molar-refractivity contribution in [2.75, 3.05) is 0 Å². The maximum Gasteiger partial charge on any atom is 0.00975 e. The highest BCUT2D eigenvalue weighted by molar-refractivity contribution is 5.88. The Balaban J connectivity index is 1.28. The van der Waals surface area contributed by atoms with E-state index in [2.05, 4.69) is 91.0 Å². The Morgan fingerprint density at radius 2 is 1.07 bits per heavy atom. The van der Waals surface area contributed by atoms with E-state index in [1.54, 1.807) is 11.1 Å². The van der Waals surface area contributed by atoms with Gasteiger partial charge in [-0.1, -0.05) is 96.6 Å². The van der Waals surface area contributed by atoms with Crippen molar-refractivity contribution in [3.05, 3.63) is 113 Å². The quantitative estimate of drug-likeness (QED) is 0.482. The number of rotatable bonds is 5. The zero-order chi connectivity index (χ0) is 17.8. The molecule has 3 aromatic rings. The van der Waals surface area contributed by atoms with Crippen LogP contribution in [0.3, 0.4) is 0 Å². The highest BCUT2D eigenvalue weighted by Crippen LogP contribution is 2.71. The van der Waals surface area contributed by atoms with Crippen LogP contribution in [0.15, 0.2) is 96.6 Å². The van der Waals surface area contributed by atoms with Gasteiger partial charge in [-0.3, -0.25) is 0 Å². The standard InChI is InChI=1S/C27H24/c1-4-10-18(11-5-1)21-16-23(21)26-25(20-14-8-3-9-15-20)27(26)24-17-22(24)19-12-6-2-7-13-19/h1-15,21-24,26H,16-17H2/t21?,22-,23?,24+,26-/m0/s1. The van der Waals surface area contributed by atoms with Crippen LogP contribution in [0.25, 0.3) is 5.57 Å². The predicted molar refractivity (Wildman–Crippen MR) is 111 cm³/mol. The molecule has 132 valence electrons. The lowest BCUT2D eigenvalue weighted by Gasteiger charge is -2.03. The van der Waals surface area contributed by atoms with E-state index in [1.165, 1.54) is 29.5 Å². The monoisotopic (exact) mass is 348 g/mol. The molecule has 0 nitrogen and oxygen atoms in total. The molecule has 2 fully saturated rings. The number of hydrogen-bond acceptors (Lipinski definition) is 0. The molecular weight excluding hydrogens is 324 g/mol. The van der Waals surface area contributed by atoms with Crippen LogP contribution in [0.2, 0.25) is 0 Å². The molecule has 0 amide bonds. The van der Waals surface area contributed by atoms with Crippen LogP contribution >= 0.6 is 0 Å². The summed E-state index contributed by atoms with van der Waals surface area (Å²) in [7, 11) is 0. The van der Waals surface area contributed by atoms with Gasteiger partial charge in [-0.2, -0.15) is 0 Å². The Bertz CT molecular complexity index is 984. The fraction of sp³-hybridized carbons (Fsp3) is 0.259. The van der Waals surface area contributed by atoms with Crippen molar-refractivity contribution in [2.45, 2.75) is 24.7 Å². The van der Waals surface area contributed by atoms with Gasteiger partial charge in [0.15, 0.2) is 0 Å². The average Bonchev–Trinajstić information content (AvgIpc) is 3.62. The Hall–Kier alpha value is -2.60. The highest BCUT2D eigenvalue weighted by Gasteiger charge is 2.59. The van der Waals surface area contributed by atoms with Crippen molar-refractivity contribution in [2.24, 2.45) is 17.8 Å². The number of allylic oxidation sites excluding steroid dienone is 2. The molecule has 6 rings (SSSR count). The number of benzene rings is 3. The molecule has 2 saturated carbocycles. The topological polar surface area (TPSA) is 0 Å². The van der Waals surface area contributed by atoms with E-state index in [0.29, 0.717) is 0 Å². The van der Waals surface area contributed by atoms with E-state index >= 15 is 0 Å². The molecular formula is C27H24. The first-order chi connectivity index (χ1) is 13.4. The van der Waals surface area contributed by atoms with Crippen LogP contribution in [-0.4, -0.2) is 0 Å². The van der Waals surface area contributed by atoms with Crippen molar-refractivity contribution < 1.29 is 0 Å². The molecule has 0 saturated heterocycles. The summed E-state index contributed by atoms with van der Waals surface area (Å²) in [5, 5.41) is 0. The third-order valence-electron chi connectivity index (χ3n) is 6.87. The molecule has 0 heteroatoms. The SMILES string of the molecule is c1ccc(C2=C([C@@H]3C[C@H]3c3ccccc3)[C@H]2C2CC2c2ccccc2)cc1. The van der Waals surface area contributed by atoms with E-state index in [9.17, 15) is 0 Å². The van der Waals surface area contributed by atoms with Crippen LogP contribution in [0.1, 0.15) is 41.4 Å². The molecule has 0 aliphatic heterocycles. The molecule has 3 aliphatic rings. The van der Waals surface area contributed by atoms with Gasteiger partial charge < -0.3 is 0 Å². The summed E-state index contributed by atoms with van der Waals surface area (Å²) in [6.45, 7) is 0. The van der Waals surface area contributed by atoms with Gasteiger partial charge in [0.2, 0.25) is 0 Å². The Kier molecular flexibility index (Phi) is 3.41. The van der Waals surface area contributed by atoms with Crippen molar-refractivity contribution in [3.8, 4) is 0 Å². The Morgan fingerprint density at radius 1 is 0.519 bits per heavy atom. The molecule has 0 N–H and O–H groups in total. The summed E-state index contributed by atoms with van der Waals surface area (Å²) in [6.07, 6.45) is 2.70. The van der Waals surface area contributed by atoms with Gasteiger partial charge in [0.25, 0.3) is 0 Å². The van der Waals surface area contributed by atoms with Gasteiger partial charge >= 0.3 is 0 Å². The lowest BCUT2D eigenvalue weighted by Crippen LogP contribution is -1.93. The second-order valence-electron chi connectivity index (χ2n) is 8.49. The van der Waals surface area contributed by atoms with Crippen LogP contribution < -0.4 is 0 Å². The van der Waals surface area contributed by atoms with Crippen molar-refractivity contribution in [3.63, 3.8) is 0 Å². The van der Waals surface area contributed by atoms with Gasteiger partial charge in [0.1, 0.15) is 0 Å². The maximum absolute atomic E-state index is 2.32. The zero-order valence-corrected chi connectivity index (χ0v) is 15.5. The predicted octanol–water partition coefficient (Wildman–Crippen LogP) is 6.68. The van der Waals surface area contributed by atoms with E-state index < -0.39 is 0 Å². The highest BCUT2D eigenvalue weighted by atomic mass is 14.6. The normalized spacial score (nSPS) is 30.9. The molecule has 0 heterocycles. The smallest absolute Gasteiger partial charge is 0.00975 e. The summed E-state index contributed by atoms with van der Waals surface area (Å²) in [5.41, 5.74) is 8.01. The lowest BCUT2D eigenvalue weighted by molar-refractivity contribution is 0.698. The van der Waals surface area contributed by atoms with E-state index in [1.807, 2.05) is 0 Å². The lowest BCUT2D eigenvalue weighted by atomic mass is 10.0. The van der Waals surface area contributed by atoms with Gasteiger partial charge in [-0.05, 0) is 58.8 Å². The van der Waals surface area contributed by atoms with E-state index in [0.717, 1.165) is 29.6 Å². The van der Waals surface area contributed by atoms with Crippen LogP contribution in [0.5, 0.6) is 0 Å². The zero-order valence-electron chi connectivity index (χ0n) is 15.5. The summed E-state index contributed by atoms with van der Waals surface area (Å²) < 4.78 is 0.